The third-order valence-electron chi connectivity index (χ3n) is 6.89. The van der Waals surface area contributed by atoms with Crippen LogP contribution in [0.25, 0.3) is 0 Å². The maximum atomic E-state index is 13.3. The number of nitrogens with zero attached hydrogens (tertiary/aromatic N) is 2. The molecule has 0 saturated carbocycles. The van der Waals surface area contributed by atoms with Crippen LogP contribution in [0.4, 0.5) is 16.2 Å². The number of amides is 3. The van der Waals surface area contributed by atoms with Gasteiger partial charge >= 0.3 is 12.0 Å². The smallest absolute Gasteiger partial charge is 0.324 e. The van der Waals surface area contributed by atoms with Gasteiger partial charge in [-0.25, -0.2) is 9.79 Å². The molecule has 2 aliphatic rings. The molecule has 1 heterocycles. The molecule has 1 aliphatic carbocycles. The normalized spacial score (nSPS) is 20.7. The van der Waals surface area contributed by atoms with Gasteiger partial charge in [-0.15, -0.1) is 0 Å². The monoisotopic (exact) mass is 497 g/mol. The summed E-state index contributed by atoms with van der Waals surface area (Å²) in [6.45, 7) is 0. The molecule has 0 spiro atoms. The van der Waals surface area contributed by atoms with Crippen molar-refractivity contribution < 1.29 is 19.5 Å². The van der Waals surface area contributed by atoms with Crippen LogP contribution in [0.5, 0.6) is 0 Å². The molecule has 0 aromatic heterocycles. The number of rotatable bonds is 4. The Kier molecular flexibility index (Phi) is 6.22. The van der Waals surface area contributed by atoms with Crippen molar-refractivity contribution in [2.75, 3.05) is 17.3 Å². The number of hydrogen-bond donors (Lipinski definition) is 4. The van der Waals surface area contributed by atoms with Crippen LogP contribution in [0.1, 0.15) is 28.7 Å². The molecule has 37 heavy (non-hydrogen) atoms. The highest BCUT2D eigenvalue weighted by Crippen LogP contribution is 2.30. The molecule has 1 unspecified atom stereocenters. The summed E-state index contributed by atoms with van der Waals surface area (Å²) in [4.78, 5) is 44.1. The second kappa shape index (κ2) is 9.51. The summed E-state index contributed by atoms with van der Waals surface area (Å²) in [7, 11) is 1.65. The van der Waals surface area contributed by atoms with E-state index in [-0.39, 0.29) is 12.3 Å². The van der Waals surface area contributed by atoms with Gasteiger partial charge in [0.05, 0.1) is 11.4 Å². The average Bonchev–Trinajstić information content (AvgIpc) is 2.99. The molecule has 0 bridgehead atoms. The number of fused-ring (bicyclic) bond motifs is 2. The number of carboxylic acid groups (broad SMARTS) is 1. The fraction of sp³-hybridized carbons (Fsp3) is 0.214. The number of aliphatic carboxylic acids is 1. The molecule has 188 valence electrons. The zero-order valence-electron chi connectivity index (χ0n) is 20.3. The van der Waals surface area contributed by atoms with Gasteiger partial charge in [-0.05, 0) is 42.2 Å². The van der Waals surface area contributed by atoms with Gasteiger partial charge in [-0.2, -0.15) is 0 Å². The number of benzene rings is 3. The van der Waals surface area contributed by atoms with E-state index in [1.54, 1.807) is 19.2 Å². The Morgan fingerprint density at radius 1 is 1.05 bits per heavy atom. The van der Waals surface area contributed by atoms with E-state index in [2.05, 4.69) is 15.6 Å². The van der Waals surface area contributed by atoms with Gasteiger partial charge in [-0.3, -0.25) is 9.59 Å². The molecular formula is C28H27N5O4. The van der Waals surface area contributed by atoms with Crippen LogP contribution in [0.3, 0.4) is 0 Å². The zero-order chi connectivity index (χ0) is 26.2. The predicted molar refractivity (Wildman–Crippen MR) is 141 cm³/mol. The van der Waals surface area contributed by atoms with E-state index in [1.807, 2.05) is 60.7 Å². The molecule has 9 nitrogen and oxygen atoms in total. The van der Waals surface area contributed by atoms with Crippen molar-refractivity contribution in [3.63, 3.8) is 0 Å². The highest BCUT2D eigenvalue weighted by atomic mass is 16.4. The number of nitrogens with two attached hydrogens (primary N) is 1. The molecule has 0 fully saturated rings. The fourth-order valence-corrected chi connectivity index (χ4v) is 4.81. The van der Waals surface area contributed by atoms with E-state index in [9.17, 15) is 19.5 Å². The maximum absolute atomic E-state index is 13.3. The lowest BCUT2D eigenvalue weighted by Gasteiger charge is -2.31. The van der Waals surface area contributed by atoms with Crippen LogP contribution in [-0.2, 0) is 22.4 Å². The SMILES string of the molecule is CN1C(=O)[C@H](NC(=O)Nc2ccc3c(c2)CC(N)(C(=O)O)CC3)N=C(c2ccccc2)c2ccccc21. The molecule has 9 heteroatoms. The maximum Gasteiger partial charge on any atom is 0.324 e. The number of para-hydroxylation sites is 1. The van der Waals surface area contributed by atoms with Crippen LogP contribution < -0.4 is 21.3 Å². The van der Waals surface area contributed by atoms with E-state index < -0.39 is 23.7 Å². The Labute approximate surface area is 214 Å². The van der Waals surface area contributed by atoms with Crippen molar-refractivity contribution in [3.8, 4) is 0 Å². The third-order valence-corrected chi connectivity index (χ3v) is 6.89. The largest absolute Gasteiger partial charge is 0.480 e. The Bertz CT molecular complexity index is 1420. The lowest BCUT2D eigenvalue weighted by atomic mass is 9.78. The Hall–Kier alpha value is -4.50. The number of urea groups is 1. The van der Waals surface area contributed by atoms with Crippen molar-refractivity contribution in [2.45, 2.75) is 31.0 Å². The topological polar surface area (TPSA) is 137 Å². The van der Waals surface area contributed by atoms with Gasteiger partial charge in [0.1, 0.15) is 5.54 Å². The summed E-state index contributed by atoms with van der Waals surface area (Å²) in [6.07, 6.45) is -0.0901. The summed E-state index contributed by atoms with van der Waals surface area (Å²) in [6, 6.07) is 21.7. The molecule has 0 saturated heterocycles. The molecule has 5 N–H and O–H groups in total. The first-order valence-electron chi connectivity index (χ1n) is 12.0. The van der Waals surface area contributed by atoms with E-state index in [0.29, 0.717) is 29.9 Å². The molecule has 2 atom stereocenters. The summed E-state index contributed by atoms with van der Waals surface area (Å²) >= 11 is 0. The Balaban J connectivity index is 1.40. The van der Waals surface area contributed by atoms with Gasteiger partial charge in [0.15, 0.2) is 0 Å². The van der Waals surface area contributed by atoms with Gasteiger partial charge < -0.3 is 26.4 Å². The van der Waals surface area contributed by atoms with E-state index in [0.717, 1.165) is 22.3 Å². The van der Waals surface area contributed by atoms with E-state index in [1.165, 1.54) is 4.90 Å². The molecule has 3 aromatic carbocycles. The van der Waals surface area contributed by atoms with E-state index in [4.69, 9.17) is 5.73 Å². The van der Waals surface area contributed by atoms with Crippen LogP contribution in [-0.4, -0.2) is 47.5 Å². The number of carbonyl (C=O) groups excluding carboxylic acids is 2. The number of hydrogen-bond acceptors (Lipinski definition) is 5. The summed E-state index contributed by atoms with van der Waals surface area (Å²) in [5, 5.41) is 14.9. The first-order valence-corrected chi connectivity index (χ1v) is 12.0. The second-order valence-corrected chi connectivity index (χ2v) is 9.38. The summed E-state index contributed by atoms with van der Waals surface area (Å²) < 4.78 is 0. The molecule has 3 aromatic rings. The van der Waals surface area contributed by atoms with Crippen molar-refractivity contribution in [1.29, 1.82) is 0 Å². The predicted octanol–water partition coefficient (Wildman–Crippen LogP) is 2.92. The number of aliphatic imine (C=N–C) groups is 1. The highest BCUT2D eigenvalue weighted by Gasteiger charge is 2.37. The third kappa shape index (κ3) is 4.68. The summed E-state index contributed by atoms with van der Waals surface area (Å²) in [5.41, 5.74) is 9.89. The minimum Gasteiger partial charge on any atom is -0.480 e. The molecule has 5 rings (SSSR count). The Morgan fingerprint density at radius 3 is 2.54 bits per heavy atom. The first-order chi connectivity index (χ1) is 17.7. The lowest BCUT2D eigenvalue weighted by molar-refractivity contribution is -0.143. The van der Waals surface area contributed by atoms with Crippen LogP contribution in [0.2, 0.25) is 0 Å². The quantitative estimate of drug-likeness (QED) is 0.439. The average molecular weight is 498 g/mol. The highest BCUT2D eigenvalue weighted by molar-refractivity contribution is 6.20. The number of carboxylic acids is 1. The lowest BCUT2D eigenvalue weighted by Crippen LogP contribution is -2.52. The number of likely N-dealkylation sites (N-methyl/N-ethyl adjacent to an activating group) is 1. The van der Waals surface area contributed by atoms with Crippen LogP contribution >= 0.6 is 0 Å². The minimum atomic E-state index is -1.33. The number of aryl methyl sites for hydroxylation is 1. The molecule has 0 radical (unpaired) electrons. The van der Waals surface area contributed by atoms with Crippen molar-refractivity contribution in [3.05, 3.63) is 95.1 Å². The molecular weight excluding hydrogens is 470 g/mol. The van der Waals surface area contributed by atoms with Crippen LogP contribution in [0.15, 0.2) is 77.8 Å². The van der Waals surface area contributed by atoms with Crippen molar-refractivity contribution in [1.82, 2.24) is 5.32 Å². The van der Waals surface area contributed by atoms with Crippen molar-refractivity contribution in [2.24, 2.45) is 10.7 Å². The summed E-state index contributed by atoms with van der Waals surface area (Å²) in [5.74, 6) is -1.42. The minimum absolute atomic E-state index is 0.170. The number of nitrogens with one attached hydrogen (secondary N) is 2. The molecule has 3 amide bonds. The number of carbonyl (C=O) groups is 3. The Morgan fingerprint density at radius 2 is 1.78 bits per heavy atom. The first kappa shape index (κ1) is 24.2. The van der Waals surface area contributed by atoms with Gasteiger partial charge in [0.2, 0.25) is 6.17 Å². The van der Waals surface area contributed by atoms with Gasteiger partial charge in [0, 0.05) is 30.3 Å². The molecule has 1 aliphatic heterocycles. The van der Waals surface area contributed by atoms with Gasteiger partial charge in [0.25, 0.3) is 5.91 Å². The number of anilines is 2. The zero-order valence-corrected chi connectivity index (χ0v) is 20.3. The van der Waals surface area contributed by atoms with Gasteiger partial charge in [-0.1, -0.05) is 54.6 Å². The van der Waals surface area contributed by atoms with E-state index >= 15 is 0 Å². The standard InChI is InChI=1S/C28H27N5O4/c1-33-22-10-6-5-9-21(22)23(18-7-3-2-4-8-18)31-24(25(33)34)32-27(37)30-20-12-11-17-13-14-28(29,26(35)36)16-19(17)15-20/h2-12,15,24H,13-14,16,29H2,1H3,(H,35,36)(H2,30,32,37)/t24-,28?/m0/s1. The second-order valence-electron chi connectivity index (χ2n) is 9.38. The van der Waals surface area contributed by atoms with Crippen molar-refractivity contribution >= 4 is 35.0 Å². The number of benzodiazepines with no additional fused rings is 1. The fourth-order valence-electron chi connectivity index (χ4n) is 4.81. The van der Waals surface area contributed by atoms with Crippen LogP contribution in [0, 0.1) is 0 Å².